The Morgan fingerprint density at radius 2 is 2.31 bits per heavy atom. The average molecular weight is 407 g/mol. The van der Waals surface area contributed by atoms with Gasteiger partial charge in [0.2, 0.25) is 0 Å². The van der Waals surface area contributed by atoms with E-state index in [4.69, 9.17) is 24.3 Å². The third-order valence-corrected chi connectivity index (χ3v) is 6.62. The SMILES string of the molecule is CCSC1Nc2c(N)ncnc2N1C1O[C@@H]2CO[PH](O)(O)O[C@H]2C1OC. The van der Waals surface area contributed by atoms with E-state index in [1.807, 2.05) is 11.8 Å². The molecule has 0 amide bonds. The second-order valence-electron chi connectivity index (χ2n) is 6.02. The molecule has 26 heavy (non-hydrogen) atoms. The van der Waals surface area contributed by atoms with Gasteiger partial charge in [0.05, 0.1) is 0 Å². The second-order valence-corrected chi connectivity index (χ2v) is 9.00. The van der Waals surface area contributed by atoms with E-state index in [1.54, 1.807) is 11.8 Å². The molecule has 4 rings (SSSR count). The topological polar surface area (TPSA) is 144 Å². The number of nitrogens with one attached hydrogen (secondary N) is 1. The van der Waals surface area contributed by atoms with Crippen molar-refractivity contribution < 1.29 is 28.3 Å². The van der Waals surface area contributed by atoms with Crippen molar-refractivity contribution in [3.63, 3.8) is 0 Å². The molecule has 11 nitrogen and oxygen atoms in total. The Bertz CT molecular complexity index is 686. The van der Waals surface area contributed by atoms with E-state index in [2.05, 4.69) is 15.3 Å². The number of ether oxygens (including phenoxy) is 2. The van der Waals surface area contributed by atoms with E-state index in [0.717, 1.165) is 5.75 Å². The minimum atomic E-state index is -4.16. The van der Waals surface area contributed by atoms with Crippen LogP contribution in [0, 0.1) is 0 Å². The van der Waals surface area contributed by atoms with Crippen molar-refractivity contribution >= 4 is 37.3 Å². The summed E-state index contributed by atoms with van der Waals surface area (Å²) in [6.07, 6.45) is -0.895. The van der Waals surface area contributed by atoms with Crippen LogP contribution < -0.4 is 16.0 Å². The molecule has 3 aliphatic heterocycles. The molecule has 3 aliphatic rings. The Labute approximate surface area is 154 Å². The number of nitrogens with zero attached hydrogens (tertiary/aromatic N) is 3. The summed E-state index contributed by atoms with van der Waals surface area (Å²) in [5, 5.41) is 3.31. The van der Waals surface area contributed by atoms with E-state index in [1.165, 1.54) is 13.4 Å². The predicted molar refractivity (Wildman–Crippen MR) is 97.5 cm³/mol. The van der Waals surface area contributed by atoms with Gasteiger partial charge in [-0.1, -0.05) is 0 Å². The summed E-state index contributed by atoms with van der Waals surface area (Å²) in [6, 6.07) is 0. The Morgan fingerprint density at radius 3 is 3.04 bits per heavy atom. The number of nitrogen functional groups attached to an aromatic ring is 1. The molecular formula is C13H22N5O6PS. The van der Waals surface area contributed by atoms with Gasteiger partial charge in [0.15, 0.2) is 0 Å². The number of anilines is 3. The Kier molecular flexibility index (Phi) is 4.86. The summed E-state index contributed by atoms with van der Waals surface area (Å²) >= 11 is 1.64. The van der Waals surface area contributed by atoms with Crippen molar-refractivity contribution in [3.8, 4) is 0 Å². The van der Waals surface area contributed by atoms with Gasteiger partial charge in [-0.05, 0) is 0 Å². The summed E-state index contributed by atoms with van der Waals surface area (Å²) in [6.45, 7) is 2.06. The molecule has 1 aromatic rings. The first kappa shape index (κ1) is 18.4. The third kappa shape index (κ3) is 3.00. The number of methoxy groups -OCH3 is 1. The molecule has 1 aromatic heterocycles. The standard InChI is InChI=1S/C13H22N5O6PS/c1-3-26-13-17-7-10(14)15-5-16-11(7)18(13)12-9(21-2)8-6(23-12)4-22-25(19,20)24-8/h5-6,8-9,12-13,17,19-20,25H,3-4H2,1-2H3,(H2,14,15,16)/t6-,8-,9?,12?,13?/m1/s1. The van der Waals surface area contributed by atoms with Gasteiger partial charge in [-0.3, -0.25) is 0 Å². The molecular weight excluding hydrogens is 385 g/mol. The van der Waals surface area contributed by atoms with E-state index < -0.39 is 32.7 Å². The number of fused-ring (bicyclic) bond motifs is 2. The van der Waals surface area contributed by atoms with Gasteiger partial charge in [-0.15, -0.1) is 0 Å². The van der Waals surface area contributed by atoms with Gasteiger partial charge in [0.25, 0.3) is 0 Å². The third-order valence-electron chi connectivity index (χ3n) is 4.50. The van der Waals surface area contributed by atoms with Gasteiger partial charge in [-0.25, -0.2) is 0 Å². The molecule has 2 fully saturated rings. The van der Waals surface area contributed by atoms with Crippen LogP contribution in [0.2, 0.25) is 0 Å². The van der Waals surface area contributed by atoms with Crippen LogP contribution in [0.15, 0.2) is 6.33 Å². The molecule has 0 aliphatic carbocycles. The zero-order chi connectivity index (χ0) is 18.5. The molecule has 13 heteroatoms. The fourth-order valence-corrected chi connectivity index (χ4v) is 5.41. The van der Waals surface area contributed by atoms with Crippen molar-refractivity contribution in [2.24, 2.45) is 0 Å². The molecule has 0 radical (unpaired) electrons. The van der Waals surface area contributed by atoms with Crippen molar-refractivity contribution in [3.05, 3.63) is 6.33 Å². The average Bonchev–Trinajstić information content (AvgIpc) is 3.12. The van der Waals surface area contributed by atoms with Crippen LogP contribution in [0.1, 0.15) is 6.92 Å². The number of hydrogen-bond acceptors (Lipinski definition) is 12. The first-order chi connectivity index (χ1) is 12.4. The summed E-state index contributed by atoms with van der Waals surface area (Å²) < 4.78 is 22.1. The molecule has 5 atom stereocenters. The van der Waals surface area contributed by atoms with E-state index in [9.17, 15) is 9.79 Å². The fraction of sp³-hybridized carbons (Fsp3) is 0.692. The Hall–Kier alpha value is -0.980. The van der Waals surface area contributed by atoms with Crippen LogP contribution >= 0.6 is 19.9 Å². The Balaban J connectivity index is 1.68. The van der Waals surface area contributed by atoms with Crippen LogP contribution in [0.25, 0.3) is 0 Å². The molecule has 0 aromatic carbocycles. The van der Waals surface area contributed by atoms with E-state index >= 15 is 0 Å². The van der Waals surface area contributed by atoms with Gasteiger partial charge in [-0.2, -0.15) is 0 Å². The molecule has 4 heterocycles. The van der Waals surface area contributed by atoms with E-state index in [-0.39, 0.29) is 12.1 Å². The fourth-order valence-electron chi connectivity index (χ4n) is 3.42. The van der Waals surface area contributed by atoms with Crippen LogP contribution in [0.4, 0.5) is 17.3 Å². The zero-order valence-electron chi connectivity index (χ0n) is 14.2. The normalized spacial score (nSPS) is 36.3. The molecule has 0 spiro atoms. The van der Waals surface area contributed by atoms with Gasteiger partial charge in [0.1, 0.15) is 0 Å². The molecule has 2 saturated heterocycles. The summed E-state index contributed by atoms with van der Waals surface area (Å²) in [5.74, 6) is 1.79. The number of nitrogens with two attached hydrogens (primary N) is 1. The quantitative estimate of drug-likeness (QED) is 0.494. The summed E-state index contributed by atoms with van der Waals surface area (Å²) in [5.41, 5.74) is 6.43. The van der Waals surface area contributed by atoms with Crippen molar-refractivity contribution in [2.45, 2.75) is 37.0 Å². The van der Waals surface area contributed by atoms with Crippen LogP contribution in [0.3, 0.4) is 0 Å². The summed E-state index contributed by atoms with van der Waals surface area (Å²) in [7, 11) is -2.63. The van der Waals surface area contributed by atoms with Gasteiger partial charge >= 0.3 is 154 Å². The number of aromatic nitrogens is 2. The molecule has 146 valence electrons. The number of thioether (sulfide) groups is 1. The van der Waals surface area contributed by atoms with Gasteiger partial charge < -0.3 is 0 Å². The molecule has 0 bridgehead atoms. The maximum atomic E-state index is 9.79. The molecule has 5 N–H and O–H groups in total. The van der Waals surface area contributed by atoms with Crippen LogP contribution in [-0.2, 0) is 18.5 Å². The zero-order valence-corrected chi connectivity index (χ0v) is 16.0. The van der Waals surface area contributed by atoms with E-state index in [0.29, 0.717) is 17.3 Å². The van der Waals surface area contributed by atoms with Crippen molar-refractivity contribution in [1.29, 1.82) is 0 Å². The minimum absolute atomic E-state index is 0.0197. The Morgan fingerprint density at radius 1 is 1.50 bits per heavy atom. The van der Waals surface area contributed by atoms with Crippen LogP contribution in [-0.4, -0.2) is 69.3 Å². The van der Waals surface area contributed by atoms with Crippen molar-refractivity contribution in [1.82, 2.24) is 9.97 Å². The first-order valence-electron chi connectivity index (χ1n) is 8.17. The monoisotopic (exact) mass is 407 g/mol. The second kappa shape index (κ2) is 6.88. The van der Waals surface area contributed by atoms with Crippen molar-refractivity contribution in [2.75, 3.05) is 35.4 Å². The molecule has 3 unspecified atom stereocenters. The number of rotatable bonds is 4. The molecule has 0 saturated carbocycles. The maximum absolute atomic E-state index is 9.79. The predicted octanol–water partition coefficient (Wildman–Crippen LogP) is -0.123. The van der Waals surface area contributed by atoms with Gasteiger partial charge in [0, 0.05) is 0 Å². The summed E-state index contributed by atoms with van der Waals surface area (Å²) in [4.78, 5) is 29.9. The number of hydrogen-bond donors (Lipinski definition) is 4. The first-order valence-corrected chi connectivity index (χ1v) is 10.9. The van der Waals surface area contributed by atoms with Crippen LogP contribution in [0.5, 0.6) is 0 Å².